The van der Waals surface area contributed by atoms with E-state index in [0.717, 1.165) is 22.0 Å². The molecular formula is C12H10N8S. The van der Waals surface area contributed by atoms with Gasteiger partial charge in [0.1, 0.15) is 5.69 Å². The second-order valence-electron chi connectivity index (χ2n) is 4.48. The average Bonchev–Trinajstić information content (AvgIpc) is 3.17. The molecule has 4 rings (SSSR count). The van der Waals surface area contributed by atoms with E-state index in [0.29, 0.717) is 10.8 Å². The summed E-state index contributed by atoms with van der Waals surface area (Å²) in [6.07, 6.45) is 6.73. The maximum absolute atomic E-state index is 4.54. The fraction of sp³-hybridized carbons (Fsp3) is 0.167. The molecule has 0 aromatic carbocycles. The van der Waals surface area contributed by atoms with Crippen molar-refractivity contribution in [3.63, 3.8) is 0 Å². The Morgan fingerprint density at radius 3 is 2.76 bits per heavy atom. The van der Waals surface area contributed by atoms with E-state index in [1.807, 2.05) is 14.0 Å². The van der Waals surface area contributed by atoms with Gasteiger partial charge in [-0.3, -0.25) is 14.6 Å². The van der Waals surface area contributed by atoms with Gasteiger partial charge in [0.25, 0.3) is 0 Å². The summed E-state index contributed by atoms with van der Waals surface area (Å²) in [6, 6.07) is 0. The normalized spacial score (nSPS) is 11.3. The first-order chi connectivity index (χ1) is 10.2. The molecule has 0 aliphatic carbocycles. The summed E-state index contributed by atoms with van der Waals surface area (Å²) in [7, 11) is 1.89. The van der Waals surface area contributed by atoms with Gasteiger partial charge in [-0.05, 0) is 6.92 Å². The van der Waals surface area contributed by atoms with Crippen molar-refractivity contribution < 1.29 is 0 Å². The smallest absolute Gasteiger partial charge is 0.235 e. The molecule has 4 aromatic heterocycles. The monoisotopic (exact) mass is 298 g/mol. The van der Waals surface area contributed by atoms with Gasteiger partial charge >= 0.3 is 0 Å². The SMILES string of the molecule is Cc1c(-c2nnc3sc(-c4cnccn4)nn23)cnn1C. The molecule has 21 heavy (non-hydrogen) atoms. The molecular weight excluding hydrogens is 288 g/mol. The van der Waals surface area contributed by atoms with Gasteiger partial charge in [-0.2, -0.15) is 14.7 Å². The quantitative estimate of drug-likeness (QED) is 0.555. The lowest BCUT2D eigenvalue weighted by molar-refractivity contribution is 0.740. The van der Waals surface area contributed by atoms with Gasteiger partial charge in [-0.15, -0.1) is 10.2 Å². The lowest BCUT2D eigenvalue weighted by Crippen LogP contribution is -1.95. The topological polar surface area (TPSA) is 86.7 Å². The minimum Gasteiger partial charge on any atom is -0.272 e. The van der Waals surface area contributed by atoms with Crippen molar-refractivity contribution in [2.24, 2.45) is 7.05 Å². The molecule has 4 aromatic rings. The van der Waals surface area contributed by atoms with Crippen LogP contribution in [0.15, 0.2) is 24.8 Å². The van der Waals surface area contributed by atoms with Crippen molar-refractivity contribution >= 4 is 16.3 Å². The highest BCUT2D eigenvalue weighted by Crippen LogP contribution is 2.27. The van der Waals surface area contributed by atoms with Crippen molar-refractivity contribution in [1.29, 1.82) is 0 Å². The van der Waals surface area contributed by atoms with Crippen LogP contribution in [0.3, 0.4) is 0 Å². The summed E-state index contributed by atoms with van der Waals surface area (Å²) in [5.41, 5.74) is 2.65. The third-order valence-corrected chi connectivity index (χ3v) is 4.17. The molecule has 0 saturated carbocycles. The van der Waals surface area contributed by atoms with Gasteiger partial charge in [0.2, 0.25) is 4.96 Å². The molecule has 0 amide bonds. The van der Waals surface area contributed by atoms with Crippen LogP contribution in [0.1, 0.15) is 5.69 Å². The zero-order valence-corrected chi connectivity index (χ0v) is 12.1. The molecule has 4 heterocycles. The predicted molar refractivity (Wildman–Crippen MR) is 76.6 cm³/mol. The van der Waals surface area contributed by atoms with Crippen molar-refractivity contribution in [1.82, 2.24) is 39.6 Å². The third kappa shape index (κ3) is 1.82. The average molecular weight is 298 g/mol. The summed E-state index contributed by atoms with van der Waals surface area (Å²) in [5.74, 6) is 0.682. The van der Waals surface area contributed by atoms with E-state index < -0.39 is 0 Å². The van der Waals surface area contributed by atoms with Gasteiger partial charge in [-0.25, -0.2) is 0 Å². The highest BCUT2D eigenvalue weighted by molar-refractivity contribution is 7.19. The van der Waals surface area contributed by atoms with E-state index in [4.69, 9.17) is 0 Å². The maximum atomic E-state index is 4.54. The molecule has 0 aliphatic rings. The number of fused-ring (bicyclic) bond motifs is 1. The van der Waals surface area contributed by atoms with Gasteiger partial charge in [0, 0.05) is 25.1 Å². The van der Waals surface area contributed by atoms with Crippen molar-refractivity contribution in [2.75, 3.05) is 0 Å². The Balaban J connectivity index is 1.89. The van der Waals surface area contributed by atoms with Crippen LogP contribution in [-0.4, -0.2) is 39.6 Å². The Labute approximate surface area is 123 Å². The van der Waals surface area contributed by atoms with Crippen LogP contribution in [0, 0.1) is 6.92 Å². The Morgan fingerprint density at radius 1 is 1.14 bits per heavy atom. The Hall–Kier alpha value is -2.68. The zero-order chi connectivity index (χ0) is 14.4. The molecule has 0 radical (unpaired) electrons. The van der Waals surface area contributed by atoms with Gasteiger partial charge in [0.05, 0.1) is 18.0 Å². The Kier molecular flexibility index (Phi) is 2.54. The van der Waals surface area contributed by atoms with Crippen LogP contribution in [0.4, 0.5) is 0 Å². The molecule has 0 bridgehead atoms. The molecule has 9 heteroatoms. The van der Waals surface area contributed by atoms with Crippen LogP contribution in [-0.2, 0) is 7.05 Å². The third-order valence-electron chi connectivity index (χ3n) is 3.25. The van der Waals surface area contributed by atoms with Gasteiger partial charge < -0.3 is 0 Å². The van der Waals surface area contributed by atoms with Crippen LogP contribution in [0.25, 0.3) is 27.1 Å². The Bertz CT molecular complexity index is 919. The number of hydrogen-bond donors (Lipinski definition) is 0. The Morgan fingerprint density at radius 2 is 2.05 bits per heavy atom. The number of aromatic nitrogens is 8. The molecule has 0 saturated heterocycles. The van der Waals surface area contributed by atoms with Crippen molar-refractivity contribution in [3.8, 4) is 22.1 Å². The number of hydrogen-bond acceptors (Lipinski definition) is 7. The van der Waals surface area contributed by atoms with Crippen LogP contribution >= 0.6 is 11.3 Å². The van der Waals surface area contributed by atoms with Gasteiger partial charge in [-0.1, -0.05) is 11.3 Å². The summed E-state index contributed by atoms with van der Waals surface area (Å²) < 4.78 is 3.52. The van der Waals surface area contributed by atoms with E-state index in [2.05, 4.69) is 30.4 Å². The lowest BCUT2D eigenvalue weighted by Gasteiger charge is -1.96. The highest BCUT2D eigenvalue weighted by atomic mass is 32.1. The maximum Gasteiger partial charge on any atom is 0.235 e. The first kappa shape index (κ1) is 12.1. The molecule has 0 N–H and O–H groups in total. The van der Waals surface area contributed by atoms with Crippen molar-refractivity contribution in [3.05, 3.63) is 30.5 Å². The lowest BCUT2D eigenvalue weighted by atomic mass is 10.2. The largest absolute Gasteiger partial charge is 0.272 e. The molecule has 104 valence electrons. The number of aryl methyl sites for hydroxylation is 1. The minimum absolute atomic E-state index is 0.682. The van der Waals surface area contributed by atoms with Gasteiger partial charge in [0.15, 0.2) is 10.8 Å². The van der Waals surface area contributed by atoms with E-state index in [-0.39, 0.29) is 0 Å². The molecule has 0 spiro atoms. The van der Waals surface area contributed by atoms with E-state index >= 15 is 0 Å². The summed E-state index contributed by atoms with van der Waals surface area (Å²) in [6.45, 7) is 1.99. The molecule has 0 atom stereocenters. The fourth-order valence-corrected chi connectivity index (χ4v) is 2.82. The first-order valence-corrected chi connectivity index (χ1v) is 7.03. The van der Waals surface area contributed by atoms with E-state index in [1.54, 1.807) is 34.0 Å². The predicted octanol–water partition coefficient (Wildman–Crippen LogP) is 1.35. The highest BCUT2D eigenvalue weighted by Gasteiger charge is 2.18. The zero-order valence-electron chi connectivity index (χ0n) is 11.3. The van der Waals surface area contributed by atoms with E-state index in [9.17, 15) is 0 Å². The molecule has 8 nitrogen and oxygen atoms in total. The molecule has 0 unspecified atom stereocenters. The van der Waals surface area contributed by atoms with Crippen LogP contribution < -0.4 is 0 Å². The van der Waals surface area contributed by atoms with Crippen molar-refractivity contribution in [2.45, 2.75) is 6.92 Å². The standard InChI is InChI=1S/C12H10N8S/c1-7-8(5-15-19(7)2)10-16-17-12-20(10)18-11(21-12)9-6-13-3-4-14-9/h3-6H,1-2H3. The second kappa shape index (κ2) is 4.42. The minimum atomic E-state index is 0.682. The first-order valence-electron chi connectivity index (χ1n) is 6.21. The summed E-state index contributed by atoms with van der Waals surface area (Å²) in [4.78, 5) is 9.03. The van der Waals surface area contributed by atoms with Crippen LogP contribution in [0.2, 0.25) is 0 Å². The van der Waals surface area contributed by atoms with Crippen LogP contribution in [0.5, 0.6) is 0 Å². The summed E-state index contributed by atoms with van der Waals surface area (Å²) in [5, 5.41) is 17.9. The molecule has 0 fully saturated rings. The number of rotatable bonds is 2. The number of nitrogens with zero attached hydrogens (tertiary/aromatic N) is 8. The second-order valence-corrected chi connectivity index (χ2v) is 5.44. The molecule has 0 aliphatic heterocycles. The van der Waals surface area contributed by atoms with E-state index in [1.165, 1.54) is 11.3 Å². The fourth-order valence-electron chi connectivity index (χ4n) is 2.02. The summed E-state index contributed by atoms with van der Waals surface area (Å²) >= 11 is 1.43.